The molecule has 1 unspecified atom stereocenters. The standard InChI is InChI=1S/C26H25N3O2/c1-18-11-13-19(14-12-18)16-29-22-8-4-3-7-21(22)27-26(29)20-15-25(30)28(17-20)23-9-5-6-10-24(23)31-2/h3-14,20H,15-17H2,1-2H3. The molecule has 156 valence electrons. The Balaban J connectivity index is 1.53. The summed E-state index contributed by atoms with van der Waals surface area (Å²) in [6.45, 7) is 3.42. The number of amides is 1. The summed E-state index contributed by atoms with van der Waals surface area (Å²) in [5, 5.41) is 0. The largest absolute Gasteiger partial charge is 0.495 e. The average molecular weight is 412 g/mol. The molecule has 0 radical (unpaired) electrons. The van der Waals surface area contributed by atoms with Crippen molar-refractivity contribution < 1.29 is 9.53 Å². The molecule has 1 aromatic heterocycles. The Bertz CT molecular complexity index is 1240. The van der Waals surface area contributed by atoms with E-state index in [1.54, 1.807) is 7.11 Å². The molecule has 4 aromatic rings. The molecule has 31 heavy (non-hydrogen) atoms. The highest BCUT2D eigenvalue weighted by atomic mass is 16.5. The fourth-order valence-electron chi connectivity index (χ4n) is 4.41. The number of hydrogen-bond donors (Lipinski definition) is 0. The van der Waals surface area contributed by atoms with Gasteiger partial charge in [0.2, 0.25) is 5.91 Å². The number of benzene rings is 3. The van der Waals surface area contributed by atoms with Crippen molar-refractivity contribution >= 4 is 22.6 Å². The molecular formula is C26H25N3O2. The number of rotatable bonds is 5. The number of methoxy groups -OCH3 is 1. The number of imidazole rings is 1. The fourth-order valence-corrected chi connectivity index (χ4v) is 4.41. The predicted molar refractivity (Wildman–Crippen MR) is 123 cm³/mol. The van der Waals surface area contributed by atoms with Crippen LogP contribution in [0.2, 0.25) is 0 Å². The van der Waals surface area contributed by atoms with Crippen LogP contribution in [0, 0.1) is 6.92 Å². The Labute approximate surface area is 181 Å². The van der Waals surface area contributed by atoms with Gasteiger partial charge in [-0.05, 0) is 36.8 Å². The van der Waals surface area contributed by atoms with Crippen LogP contribution < -0.4 is 9.64 Å². The van der Waals surface area contributed by atoms with E-state index < -0.39 is 0 Å². The molecule has 0 bridgehead atoms. The molecule has 5 nitrogen and oxygen atoms in total. The van der Waals surface area contributed by atoms with E-state index in [-0.39, 0.29) is 11.8 Å². The summed E-state index contributed by atoms with van der Waals surface area (Å²) in [6, 6.07) is 24.5. The first kappa shape index (κ1) is 19.4. The maximum absolute atomic E-state index is 13.0. The molecule has 0 N–H and O–H groups in total. The third-order valence-electron chi connectivity index (χ3n) is 6.01. The van der Waals surface area contributed by atoms with E-state index in [0.29, 0.717) is 18.7 Å². The number of hydrogen-bond acceptors (Lipinski definition) is 3. The summed E-state index contributed by atoms with van der Waals surface area (Å²) >= 11 is 0. The van der Waals surface area contributed by atoms with Crippen LogP contribution in [-0.2, 0) is 11.3 Å². The van der Waals surface area contributed by atoms with Gasteiger partial charge in [-0.15, -0.1) is 0 Å². The van der Waals surface area contributed by atoms with Crippen molar-refractivity contribution in [1.82, 2.24) is 9.55 Å². The summed E-state index contributed by atoms with van der Waals surface area (Å²) in [5.41, 5.74) is 5.35. The van der Waals surface area contributed by atoms with Gasteiger partial charge >= 0.3 is 0 Å². The van der Waals surface area contributed by atoms with E-state index >= 15 is 0 Å². The first-order valence-electron chi connectivity index (χ1n) is 10.6. The van der Waals surface area contributed by atoms with Crippen molar-refractivity contribution in [2.45, 2.75) is 25.8 Å². The van der Waals surface area contributed by atoms with Crippen molar-refractivity contribution in [2.24, 2.45) is 0 Å². The van der Waals surface area contributed by atoms with Crippen LogP contribution in [-0.4, -0.2) is 29.1 Å². The lowest BCUT2D eigenvalue weighted by molar-refractivity contribution is -0.117. The zero-order chi connectivity index (χ0) is 21.4. The highest BCUT2D eigenvalue weighted by molar-refractivity contribution is 5.97. The van der Waals surface area contributed by atoms with Crippen molar-refractivity contribution in [1.29, 1.82) is 0 Å². The van der Waals surface area contributed by atoms with Crippen molar-refractivity contribution in [2.75, 3.05) is 18.6 Å². The predicted octanol–water partition coefficient (Wildman–Crippen LogP) is 4.92. The Kier molecular flexibility index (Phi) is 4.94. The Morgan fingerprint density at radius 1 is 1.00 bits per heavy atom. The number of para-hydroxylation sites is 4. The van der Waals surface area contributed by atoms with Gasteiger partial charge in [0.25, 0.3) is 0 Å². The van der Waals surface area contributed by atoms with E-state index in [2.05, 4.69) is 41.8 Å². The normalized spacial score (nSPS) is 16.3. The van der Waals surface area contributed by atoms with Crippen molar-refractivity contribution in [3.63, 3.8) is 0 Å². The first-order valence-corrected chi connectivity index (χ1v) is 10.6. The van der Waals surface area contributed by atoms with Crippen LogP contribution in [0.15, 0.2) is 72.8 Å². The molecule has 3 aromatic carbocycles. The number of fused-ring (bicyclic) bond motifs is 1. The fraction of sp³-hybridized carbons (Fsp3) is 0.231. The lowest BCUT2D eigenvalue weighted by Gasteiger charge is -2.20. The summed E-state index contributed by atoms with van der Waals surface area (Å²) in [6.07, 6.45) is 0.440. The number of carbonyl (C=O) groups is 1. The number of anilines is 1. The molecule has 1 aliphatic heterocycles. The second kappa shape index (κ2) is 7.91. The molecule has 0 saturated carbocycles. The first-order chi connectivity index (χ1) is 15.1. The van der Waals surface area contributed by atoms with Crippen molar-refractivity contribution in [3.8, 4) is 5.75 Å². The SMILES string of the molecule is COc1ccccc1N1CC(c2nc3ccccc3n2Cc2ccc(C)cc2)CC1=O. The van der Waals surface area contributed by atoms with Crippen LogP contribution in [0.3, 0.4) is 0 Å². The molecule has 0 aliphatic carbocycles. The highest BCUT2D eigenvalue weighted by Crippen LogP contribution is 2.37. The van der Waals surface area contributed by atoms with Gasteiger partial charge in [-0.3, -0.25) is 4.79 Å². The third-order valence-corrected chi connectivity index (χ3v) is 6.01. The van der Waals surface area contributed by atoms with Gasteiger partial charge in [-0.25, -0.2) is 4.98 Å². The molecule has 0 spiro atoms. The van der Waals surface area contributed by atoms with Gasteiger partial charge in [-0.1, -0.05) is 54.1 Å². The summed E-state index contributed by atoms with van der Waals surface area (Å²) in [4.78, 5) is 19.8. The minimum Gasteiger partial charge on any atom is -0.495 e. The molecule has 1 saturated heterocycles. The lowest BCUT2D eigenvalue weighted by atomic mass is 10.1. The van der Waals surface area contributed by atoms with Gasteiger partial charge in [0.05, 0.1) is 23.8 Å². The number of aromatic nitrogens is 2. The third kappa shape index (κ3) is 3.56. The molecule has 1 aliphatic rings. The lowest BCUT2D eigenvalue weighted by Crippen LogP contribution is -2.25. The van der Waals surface area contributed by atoms with Gasteiger partial charge in [0.1, 0.15) is 11.6 Å². The van der Waals surface area contributed by atoms with E-state index in [1.165, 1.54) is 11.1 Å². The van der Waals surface area contributed by atoms with Crippen LogP contribution in [0.4, 0.5) is 5.69 Å². The minimum atomic E-state index is 0.0234. The van der Waals surface area contributed by atoms with Crippen LogP contribution >= 0.6 is 0 Å². The number of aryl methyl sites for hydroxylation is 1. The zero-order valence-electron chi connectivity index (χ0n) is 17.8. The monoisotopic (exact) mass is 411 g/mol. The molecule has 2 heterocycles. The second-order valence-corrected chi connectivity index (χ2v) is 8.11. The van der Waals surface area contributed by atoms with Crippen LogP contribution in [0.25, 0.3) is 11.0 Å². The Morgan fingerprint density at radius 3 is 2.55 bits per heavy atom. The summed E-state index contributed by atoms with van der Waals surface area (Å²) < 4.78 is 7.76. The van der Waals surface area contributed by atoms with E-state index in [4.69, 9.17) is 9.72 Å². The maximum Gasteiger partial charge on any atom is 0.227 e. The van der Waals surface area contributed by atoms with Crippen molar-refractivity contribution in [3.05, 3.63) is 89.7 Å². The van der Waals surface area contributed by atoms with Crippen LogP contribution in [0.1, 0.15) is 29.3 Å². The molecule has 5 rings (SSSR count). The molecule has 5 heteroatoms. The Hall–Kier alpha value is -3.60. The number of carbonyl (C=O) groups excluding carboxylic acids is 1. The molecule has 1 fully saturated rings. The molecule has 1 amide bonds. The smallest absolute Gasteiger partial charge is 0.227 e. The second-order valence-electron chi connectivity index (χ2n) is 8.11. The van der Waals surface area contributed by atoms with Gasteiger partial charge in [0, 0.05) is 25.4 Å². The Morgan fingerprint density at radius 2 is 1.74 bits per heavy atom. The van der Waals surface area contributed by atoms with E-state index in [1.807, 2.05) is 47.4 Å². The zero-order valence-corrected chi connectivity index (χ0v) is 17.8. The van der Waals surface area contributed by atoms with E-state index in [0.717, 1.165) is 29.1 Å². The van der Waals surface area contributed by atoms with Gasteiger partial charge in [-0.2, -0.15) is 0 Å². The average Bonchev–Trinajstić information content (AvgIpc) is 3.36. The highest BCUT2D eigenvalue weighted by Gasteiger charge is 2.35. The number of nitrogens with zero attached hydrogens (tertiary/aromatic N) is 3. The molecule has 1 atom stereocenters. The van der Waals surface area contributed by atoms with Gasteiger partial charge < -0.3 is 14.2 Å². The number of ether oxygens (including phenoxy) is 1. The maximum atomic E-state index is 13.0. The summed E-state index contributed by atoms with van der Waals surface area (Å²) in [5.74, 6) is 1.80. The summed E-state index contributed by atoms with van der Waals surface area (Å²) in [7, 11) is 1.64. The van der Waals surface area contributed by atoms with Gasteiger partial charge in [0.15, 0.2) is 0 Å². The quantitative estimate of drug-likeness (QED) is 0.468. The topological polar surface area (TPSA) is 47.4 Å². The molecular weight excluding hydrogens is 386 g/mol. The van der Waals surface area contributed by atoms with E-state index in [9.17, 15) is 4.79 Å². The minimum absolute atomic E-state index is 0.0234. The van der Waals surface area contributed by atoms with Crippen LogP contribution in [0.5, 0.6) is 5.75 Å².